The molecule has 0 bridgehead atoms. The number of hydrogen-bond acceptors (Lipinski definition) is 1. The van der Waals surface area contributed by atoms with Gasteiger partial charge in [0.25, 0.3) is 0 Å². The molecule has 48 valence electrons. The third-order valence-corrected chi connectivity index (χ3v) is 2.37. The van der Waals surface area contributed by atoms with Gasteiger partial charge in [-0.25, -0.2) is 0 Å². The van der Waals surface area contributed by atoms with Crippen molar-refractivity contribution in [1.29, 1.82) is 0 Å². The van der Waals surface area contributed by atoms with Crippen LogP contribution < -0.4 is 0 Å². The minimum Gasteiger partial charge on any atom is -0.368 e. The SMILES string of the molecule is C[C@@H]1CCO[C@@H](I)C1. The lowest BCUT2D eigenvalue weighted by molar-refractivity contribution is 0.0587. The van der Waals surface area contributed by atoms with Crippen LogP contribution in [0.1, 0.15) is 19.8 Å². The Labute approximate surface area is 63.9 Å². The Morgan fingerprint density at radius 1 is 1.62 bits per heavy atom. The lowest BCUT2D eigenvalue weighted by Crippen LogP contribution is -2.18. The van der Waals surface area contributed by atoms with Crippen molar-refractivity contribution in [3.63, 3.8) is 0 Å². The van der Waals surface area contributed by atoms with Gasteiger partial charge in [-0.05, 0) is 18.8 Å². The van der Waals surface area contributed by atoms with Gasteiger partial charge in [-0.2, -0.15) is 0 Å². The molecule has 1 rings (SSSR count). The molecule has 2 atom stereocenters. The molecule has 0 amide bonds. The lowest BCUT2D eigenvalue weighted by Gasteiger charge is -2.22. The number of ether oxygens (including phenoxy) is 1. The van der Waals surface area contributed by atoms with E-state index < -0.39 is 0 Å². The van der Waals surface area contributed by atoms with E-state index in [0.717, 1.165) is 12.5 Å². The van der Waals surface area contributed by atoms with Crippen molar-refractivity contribution in [2.24, 2.45) is 5.92 Å². The minimum absolute atomic E-state index is 0.483. The maximum absolute atomic E-state index is 5.33. The topological polar surface area (TPSA) is 9.23 Å². The van der Waals surface area contributed by atoms with Crippen molar-refractivity contribution < 1.29 is 4.74 Å². The molecule has 0 aromatic carbocycles. The summed E-state index contributed by atoms with van der Waals surface area (Å²) < 4.78 is 5.82. The summed E-state index contributed by atoms with van der Waals surface area (Å²) in [6.07, 6.45) is 2.49. The second-order valence-electron chi connectivity index (χ2n) is 2.41. The van der Waals surface area contributed by atoms with Crippen LogP contribution in [0.4, 0.5) is 0 Å². The van der Waals surface area contributed by atoms with E-state index in [0.29, 0.717) is 4.11 Å². The fourth-order valence-corrected chi connectivity index (χ4v) is 2.02. The summed E-state index contributed by atoms with van der Waals surface area (Å²) >= 11 is 2.35. The number of halogens is 1. The van der Waals surface area contributed by atoms with Crippen molar-refractivity contribution in [1.82, 2.24) is 0 Å². The Morgan fingerprint density at radius 2 is 2.38 bits per heavy atom. The van der Waals surface area contributed by atoms with Crippen LogP contribution >= 0.6 is 22.6 Å². The predicted octanol–water partition coefficient (Wildman–Crippen LogP) is 2.19. The monoisotopic (exact) mass is 226 g/mol. The normalized spacial score (nSPS) is 39.8. The molecule has 8 heavy (non-hydrogen) atoms. The summed E-state index contributed by atoms with van der Waals surface area (Å²) in [7, 11) is 0. The van der Waals surface area contributed by atoms with Crippen molar-refractivity contribution in [2.45, 2.75) is 23.9 Å². The first-order valence-corrected chi connectivity index (χ1v) is 4.29. The Bertz CT molecular complexity index is 66.9. The highest BCUT2D eigenvalue weighted by atomic mass is 127. The first kappa shape index (κ1) is 6.81. The van der Waals surface area contributed by atoms with E-state index in [4.69, 9.17) is 4.74 Å². The van der Waals surface area contributed by atoms with Gasteiger partial charge in [0, 0.05) is 6.61 Å². The summed E-state index contributed by atoms with van der Waals surface area (Å²) in [5, 5.41) is 0. The maximum Gasteiger partial charge on any atom is 0.109 e. The molecule has 1 aliphatic heterocycles. The van der Waals surface area contributed by atoms with Crippen LogP contribution in [-0.2, 0) is 4.74 Å². The molecule has 0 aromatic rings. The molecular weight excluding hydrogens is 215 g/mol. The molecule has 0 aromatic heterocycles. The highest BCUT2D eigenvalue weighted by Gasteiger charge is 2.15. The van der Waals surface area contributed by atoms with Gasteiger partial charge in [0.15, 0.2) is 0 Å². The lowest BCUT2D eigenvalue weighted by atomic mass is 10.0. The third kappa shape index (κ3) is 1.90. The fraction of sp³-hybridized carbons (Fsp3) is 1.00. The van der Waals surface area contributed by atoms with Crippen molar-refractivity contribution in [2.75, 3.05) is 6.61 Å². The van der Waals surface area contributed by atoms with Gasteiger partial charge in [0.05, 0.1) is 0 Å². The van der Waals surface area contributed by atoms with E-state index in [1.807, 2.05) is 0 Å². The second kappa shape index (κ2) is 3.01. The zero-order chi connectivity index (χ0) is 5.98. The van der Waals surface area contributed by atoms with Crippen molar-refractivity contribution in [3.8, 4) is 0 Å². The predicted molar refractivity (Wildman–Crippen MR) is 42.2 cm³/mol. The molecule has 1 fully saturated rings. The molecule has 1 saturated heterocycles. The Balaban J connectivity index is 2.23. The van der Waals surface area contributed by atoms with Crippen LogP contribution in [0.15, 0.2) is 0 Å². The highest BCUT2D eigenvalue weighted by molar-refractivity contribution is 14.1. The van der Waals surface area contributed by atoms with Gasteiger partial charge in [-0.15, -0.1) is 0 Å². The Hall–Kier alpha value is 0.690. The first-order valence-electron chi connectivity index (χ1n) is 3.04. The molecule has 0 aliphatic carbocycles. The van der Waals surface area contributed by atoms with Gasteiger partial charge in [-0.3, -0.25) is 0 Å². The average Bonchev–Trinajstić information content (AvgIpc) is 1.64. The van der Waals surface area contributed by atoms with Crippen LogP contribution in [0, 0.1) is 5.92 Å². The molecule has 2 heteroatoms. The summed E-state index contributed by atoms with van der Waals surface area (Å²) in [6, 6.07) is 0. The van der Waals surface area contributed by atoms with E-state index in [9.17, 15) is 0 Å². The molecule has 1 heterocycles. The van der Waals surface area contributed by atoms with Crippen molar-refractivity contribution in [3.05, 3.63) is 0 Å². The smallest absolute Gasteiger partial charge is 0.109 e. The van der Waals surface area contributed by atoms with E-state index >= 15 is 0 Å². The minimum atomic E-state index is 0.483. The van der Waals surface area contributed by atoms with Crippen molar-refractivity contribution >= 4 is 22.6 Å². The van der Waals surface area contributed by atoms with Gasteiger partial charge >= 0.3 is 0 Å². The zero-order valence-electron chi connectivity index (χ0n) is 5.06. The number of rotatable bonds is 0. The van der Waals surface area contributed by atoms with E-state index in [2.05, 4.69) is 29.5 Å². The van der Waals surface area contributed by atoms with E-state index in [-0.39, 0.29) is 0 Å². The maximum atomic E-state index is 5.33. The summed E-state index contributed by atoms with van der Waals surface area (Å²) in [6.45, 7) is 3.25. The third-order valence-electron chi connectivity index (χ3n) is 1.50. The summed E-state index contributed by atoms with van der Waals surface area (Å²) in [4.78, 5) is 0. The number of hydrogen-bond donors (Lipinski definition) is 0. The molecular formula is C6H11IO. The van der Waals surface area contributed by atoms with Gasteiger partial charge in [-0.1, -0.05) is 29.5 Å². The zero-order valence-corrected chi connectivity index (χ0v) is 7.22. The van der Waals surface area contributed by atoms with Gasteiger partial charge in [0.1, 0.15) is 4.11 Å². The fourth-order valence-electron chi connectivity index (χ4n) is 0.899. The molecule has 0 saturated carbocycles. The van der Waals surface area contributed by atoms with E-state index in [1.165, 1.54) is 12.8 Å². The van der Waals surface area contributed by atoms with Crippen LogP contribution in [-0.4, -0.2) is 10.7 Å². The first-order chi connectivity index (χ1) is 3.79. The Kier molecular flexibility index (Phi) is 2.56. The largest absolute Gasteiger partial charge is 0.368 e. The number of alkyl halides is 1. The van der Waals surface area contributed by atoms with Gasteiger partial charge in [0.2, 0.25) is 0 Å². The van der Waals surface area contributed by atoms with Crippen LogP contribution in [0.5, 0.6) is 0 Å². The average molecular weight is 226 g/mol. The van der Waals surface area contributed by atoms with Crippen LogP contribution in [0.3, 0.4) is 0 Å². The molecule has 1 nitrogen and oxygen atoms in total. The summed E-state index contributed by atoms with van der Waals surface area (Å²) in [5.41, 5.74) is 0. The quantitative estimate of drug-likeness (QED) is 0.454. The molecule has 1 aliphatic rings. The van der Waals surface area contributed by atoms with Crippen LogP contribution in [0.2, 0.25) is 0 Å². The Morgan fingerprint density at radius 3 is 2.75 bits per heavy atom. The highest BCUT2D eigenvalue weighted by Crippen LogP contribution is 2.22. The molecule has 0 radical (unpaired) electrons. The summed E-state index contributed by atoms with van der Waals surface area (Å²) in [5.74, 6) is 0.880. The van der Waals surface area contributed by atoms with E-state index in [1.54, 1.807) is 0 Å². The van der Waals surface area contributed by atoms with Crippen LogP contribution in [0.25, 0.3) is 0 Å². The van der Waals surface area contributed by atoms with Gasteiger partial charge < -0.3 is 4.74 Å². The molecule has 0 unspecified atom stereocenters. The standard InChI is InChI=1S/C6H11IO/c1-5-2-3-8-6(7)4-5/h5-6H,2-4H2,1H3/t5-,6-/m1/s1. The second-order valence-corrected chi connectivity index (χ2v) is 3.80. The molecule has 0 spiro atoms. The molecule has 0 N–H and O–H groups in total.